The Morgan fingerprint density at radius 1 is 1.20 bits per heavy atom. The number of hydrogen-bond acceptors (Lipinski definition) is 4. The van der Waals surface area contributed by atoms with Crippen molar-refractivity contribution in [3.05, 3.63) is 53.6 Å². The van der Waals surface area contributed by atoms with Gasteiger partial charge in [-0.3, -0.25) is 10.6 Å². The Labute approximate surface area is 122 Å². The highest BCUT2D eigenvalue weighted by Gasteiger charge is 2.11. The summed E-state index contributed by atoms with van der Waals surface area (Å²) in [5.41, 5.74) is 5.51. The Kier molecular flexibility index (Phi) is 4.65. The Morgan fingerprint density at radius 2 is 2.00 bits per heavy atom. The second-order valence-corrected chi connectivity index (χ2v) is 5.26. The van der Waals surface area contributed by atoms with Gasteiger partial charge in [0.2, 0.25) is 0 Å². The van der Waals surface area contributed by atoms with Crippen molar-refractivity contribution in [3.63, 3.8) is 0 Å². The van der Waals surface area contributed by atoms with E-state index in [1.54, 1.807) is 17.8 Å². The quantitative estimate of drug-likeness (QED) is 0.459. The minimum atomic E-state index is -0.184. The van der Waals surface area contributed by atoms with Gasteiger partial charge in [0.15, 0.2) is 0 Å². The van der Waals surface area contributed by atoms with Crippen molar-refractivity contribution < 1.29 is 4.79 Å². The van der Waals surface area contributed by atoms with Gasteiger partial charge < -0.3 is 10.7 Å². The van der Waals surface area contributed by atoms with E-state index in [0.29, 0.717) is 11.3 Å². The predicted molar refractivity (Wildman–Crippen MR) is 85.2 cm³/mol. The molecule has 2 rings (SSSR count). The molecule has 0 aliphatic carbocycles. The van der Waals surface area contributed by atoms with Gasteiger partial charge in [0.05, 0.1) is 11.3 Å². The fourth-order valence-electron chi connectivity index (χ4n) is 1.87. The number of rotatable bonds is 4. The normalized spacial score (nSPS) is 10.2. The Morgan fingerprint density at radius 3 is 2.70 bits per heavy atom. The van der Waals surface area contributed by atoms with Crippen molar-refractivity contribution in [3.8, 4) is 0 Å². The van der Waals surface area contributed by atoms with E-state index in [4.69, 9.17) is 5.84 Å². The summed E-state index contributed by atoms with van der Waals surface area (Å²) in [6.07, 6.45) is 2.00. The molecule has 0 unspecified atom stereocenters. The molecule has 0 heterocycles. The monoisotopic (exact) mass is 287 g/mol. The predicted octanol–water partition coefficient (Wildman–Crippen LogP) is 3.25. The molecule has 2 aromatic carbocycles. The first-order valence-electron chi connectivity index (χ1n) is 6.16. The molecular formula is C15H17N3OS. The van der Waals surface area contributed by atoms with Crippen molar-refractivity contribution >= 4 is 29.0 Å². The van der Waals surface area contributed by atoms with Crippen LogP contribution in [0.1, 0.15) is 15.9 Å². The number of carbonyl (C=O) groups excluding carboxylic acids is 1. The lowest BCUT2D eigenvalue weighted by atomic mass is 10.1. The van der Waals surface area contributed by atoms with Crippen LogP contribution in [0.5, 0.6) is 0 Å². The molecule has 0 aromatic heterocycles. The third-order valence-corrected chi connectivity index (χ3v) is 3.63. The SMILES string of the molecule is CSc1cccc(NC(=O)c2ccc(C)cc2NN)c1. The number of amides is 1. The van der Waals surface area contributed by atoms with Crippen LogP contribution in [-0.4, -0.2) is 12.2 Å². The maximum atomic E-state index is 12.3. The van der Waals surface area contributed by atoms with Crippen LogP contribution in [-0.2, 0) is 0 Å². The molecule has 2 aromatic rings. The van der Waals surface area contributed by atoms with Crippen molar-refractivity contribution in [1.29, 1.82) is 0 Å². The van der Waals surface area contributed by atoms with Gasteiger partial charge in [0.1, 0.15) is 0 Å². The fourth-order valence-corrected chi connectivity index (χ4v) is 2.33. The average Bonchev–Trinajstić information content (AvgIpc) is 2.47. The molecular weight excluding hydrogens is 270 g/mol. The Bertz CT molecular complexity index is 628. The number of nitrogens with one attached hydrogen (secondary N) is 2. The number of carbonyl (C=O) groups is 1. The number of hydrazine groups is 1. The first kappa shape index (κ1) is 14.4. The van der Waals surface area contributed by atoms with Gasteiger partial charge in [-0.25, -0.2) is 0 Å². The molecule has 0 saturated carbocycles. The lowest BCUT2D eigenvalue weighted by Gasteiger charge is -2.11. The third kappa shape index (κ3) is 3.31. The molecule has 5 heteroatoms. The Hall–Kier alpha value is -1.98. The number of thioether (sulfide) groups is 1. The summed E-state index contributed by atoms with van der Waals surface area (Å²) in [7, 11) is 0. The van der Waals surface area contributed by atoms with Gasteiger partial charge in [0.25, 0.3) is 5.91 Å². The summed E-state index contributed by atoms with van der Waals surface area (Å²) in [5.74, 6) is 5.28. The number of nitrogens with two attached hydrogens (primary N) is 1. The number of hydrogen-bond donors (Lipinski definition) is 3. The number of anilines is 2. The molecule has 0 aliphatic rings. The van der Waals surface area contributed by atoms with Crippen LogP contribution in [0.25, 0.3) is 0 Å². The summed E-state index contributed by atoms with van der Waals surface area (Å²) in [4.78, 5) is 13.4. The van der Waals surface area contributed by atoms with Crippen LogP contribution in [0.4, 0.5) is 11.4 Å². The highest BCUT2D eigenvalue weighted by atomic mass is 32.2. The molecule has 0 fully saturated rings. The van der Waals surface area contributed by atoms with Gasteiger partial charge in [-0.15, -0.1) is 11.8 Å². The van der Waals surface area contributed by atoms with E-state index in [2.05, 4.69) is 10.7 Å². The van der Waals surface area contributed by atoms with Crippen molar-refractivity contribution in [2.24, 2.45) is 5.84 Å². The van der Waals surface area contributed by atoms with Gasteiger partial charge in [-0.05, 0) is 49.1 Å². The number of benzene rings is 2. The molecule has 4 N–H and O–H groups in total. The standard InChI is InChI=1S/C15H17N3OS/c1-10-6-7-13(14(8-10)18-16)15(19)17-11-4-3-5-12(9-11)20-2/h3-9,18H,16H2,1-2H3,(H,17,19). The van der Waals surface area contributed by atoms with Gasteiger partial charge >= 0.3 is 0 Å². The number of aryl methyl sites for hydroxylation is 1. The Balaban J connectivity index is 2.23. The zero-order chi connectivity index (χ0) is 14.5. The molecule has 0 spiro atoms. The second-order valence-electron chi connectivity index (χ2n) is 4.38. The van der Waals surface area contributed by atoms with E-state index in [-0.39, 0.29) is 5.91 Å². The largest absolute Gasteiger partial charge is 0.323 e. The molecule has 0 saturated heterocycles. The van der Waals surface area contributed by atoms with E-state index in [1.807, 2.05) is 49.6 Å². The average molecular weight is 287 g/mol. The number of nitrogen functional groups attached to an aromatic ring is 1. The van der Waals surface area contributed by atoms with Crippen LogP contribution in [0.2, 0.25) is 0 Å². The highest BCUT2D eigenvalue weighted by molar-refractivity contribution is 7.98. The first-order valence-corrected chi connectivity index (χ1v) is 7.39. The smallest absolute Gasteiger partial charge is 0.257 e. The third-order valence-electron chi connectivity index (χ3n) is 2.90. The topological polar surface area (TPSA) is 67.2 Å². The highest BCUT2D eigenvalue weighted by Crippen LogP contribution is 2.21. The molecule has 104 valence electrons. The lowest BCUT2D eigenvalue weighted by Crippen LogP contribution is -2.17. The van der Waals surface area contributed by atoms with E-state index < -0.39 is 0 Å². The van der Waals surface area contributed by atoms with Crippen LogP contribution in [0, 0.1) is 6.92 Å². The molecule has 0 radical (unpaired) electrons. The van der Waals surface area contributed by atoms with Crippen LogP contribution in [0.15, 0.2) is 47.4 Å². The maximum absolute atomic E-state index is 12.3. The summed E-state index contributed by atoms with van der Waals surface area (Å²) in [5, 5.41) is 2.88. The molecule has 1 amide bonds. The molecule has 0 bridgehead atoms. The summed E-state index contributed by atoms with van der Waals surface area (Å²) >= 11 is 1.63. The minimum Gasteiger partial charge on any atom is -0.323 e. The van der Waals surface area contributed by atoms with Gasteiger partial charge in [0, 0.05) is 10.6 Å². The zero-order valence-corrected chi connectivity index (χ0v) is 12.3. The lowest BCUT2D eigenvalue weighted by molar-refractivity contribution is 0.102. The van der Waals surface area contributed by atoms with Crippen molar-refractivity contribution in [1.82, 2.24) is 0 Å². The van der Waals surface area contributed by atoms with E-state index in [9.17, 15) is 4.79 Å². The molecule has 0 atom stereocenters. The van der Waals surface area contributed by atoms with E-state index >= 15 is 0 Å². The van der Waals surface area contributed by atoms with Crippen LogP contribution in [0.3, 0.4) is 0 Å². The van der Waals surface area contributed by atoms with Gasteiger partial charge in [-0.2, -0.15) is 0 Å². The zero-order valence-electron chi connectivity index (χ0n) is 11.4. The van der Waals surface area contributed by atoms with E-state index in [1.165, 1.54) is 0 Å². The fraction of sp³-hybridized carbons (Fsp3) is 0.133. The summed E-state index contributed by atoms with van der Waals surface area (Å²) < 4.78 is 0. The van der Waals surface area contributed by atoms with Crippen LogP contribution >= 0.6 is 11.8 Å². The van der Waals surface area contributed by atoms with Crippen LogP contribution < -0.4 is 16.6 Å². The summed E-state index contributed by atoms with van der Waals surface area (Å²) in [6, 6.07) is 13.2. The summed E-state index contributed by atoms with van der Waals surface area (Å²) in [6.45, 7) is 1.95. The minimum absolute atomic E-state index is 0.184. The van der Waals surface area contributed by atoms with Crippen molar-refractivity contribution in [2.75, 3.05) is 17.0 Å². The van der Waals surface area contributed by atoms with E-state index in [0.717, 1.165) is 16.1 Å². The van der Waals surface area contributed by atoms with Crippen molar-refractivity contribution in [2.45, 2.75) is 11.8 Å². The molecule has 4 nitrogen and oxygen atoms in total. The molecule has 0 aliphatic heterocycles. The molecule has 20 heavy (non-hydrogen) atoms. The van der Waals surface area contributed by atoms with Gasteiger partial charge in [-0.1, -0.05) is 12.1 Å². The second kappa shape index (κ2) is 6.45. The first-order chi connectivity index (χ1) is 9.63. The maximum Gasteiger partial charge on any atom is 0.257 e.